The van der Waals surface area contributed by atoms with Gasteiger partial charge >= 0.3 is 0 Å². The molecule has 1 saturated heterocycles. The molecule has 0 spiro atoms. The van der Waals surface area contributed by atoms with Crippen molar-refractivity contribution < 1.29 is 4.79 Å². The molecule has 0 aromatic carbocycles. The number of aromatic nitrogens is 2. The van der Waals surface area contributed by atoms with E-state index in [1.54, 1.807) is 0 Å². The lowest BCUT2D eigenvalue weighted by molar-refractivity contribution is -0.158. The lowest BCUT2D eigenvalue weighted by Crippen LogP contribution is -2.58. The van der Waals surface area contributed by atoms with Gasteiger partial charge in [0.05, 0.1) is 5.41 Å². The highest BCUT2D eigenvalue weighted by molar-refractivity contribution is 7.09. The highest BCUT2D eigenvalue weighted by atomic mass is 32.1. The van der Waals surface area contributed by atoms with Crippen LogP contribution >= 0.6 is 11.5 Å². The van der Waals surface area contributed by atoms with Gasteiger partial charge in [-0.15, -0.1) is 0 Å². The number of nitrogens with zero attached hydrogens (tertiary/aromatic N) is 4. The van der Waals surface area contributed by atoms with Crippen LogP contribution in [-0.4, -0.2) is 46.3 Å². The number of amides is 1. The SMILES string of the molecule is CCc1nsc(N2CCN(C(=O)C34CC5CC(CC(C5)C3)C4)CC2)n1. The molecule has 4 aliphatic carbocycles. The van der Waals surface area contributed by atoms with Crippen molar-refractivity contribution in [3.63, 3.8) is 0 Å². The van der Waals surface area contributed by atoms with Crippen molar-refractivity contribution in [2.45, 2.75) is 51.9 Å². The van der Waals surface area contributed by atoms with Crippen LogP contribution in [0, 0.1) is 23.2 Å². The van der Waals surface area contributed by atoms with E-state index in [2.05, 4.69) is 26.1 Å². The van der Waals surface area contributed by atoms with Gasteiger partial charge in [-0.1, -0.05) is 6.92 Å². The lowest BCUT2D eigenvalue weighted by atomic mass is 9.49. The van der Waals surface area contributed by atoms with E-state index in [0.717, 1.165) is 61.3 Å². The Morgan fingerprint density at radius 2 is 1.68 bits per heavy atom. The predicted molar refractivity (Wildman–Crippen MR) is 98.7 cm³/mol. The molecule has 5 fully saturated rings. The van der Waals surface area contributed by atoms with E-state index in [1.807, 2.05) is 0 Å². The minimum atomic E-state index is 0.00897. The highest BCUT2D eigenvalue weighted by Crippen LogP contribution is 2.60. The van der Waals surface area contributed by atoms with Gasteiger partial charge in [-0.3, -0.25) is 4.79 Å². The summed E-state index contributed by atoms with van der Waals surface area (Å²) in [4.78, 5) is 22.5. The van der Waals surface area contributed by atoms with Gasteiger partial charge in [0.25, 0.3) is 0 Å². The molecule has 25 heavy (non-hydrogen) atoms. The minimum absolute atomic E-state index is 0.00897. The first kappa shape index (κ1) is 16.0. The van der Waals surface area contributed by atoms with Gasteiger partial charge in [-0.05, 0) is 56.3 Å². The molecule has 4 bridgehead atoms. The largest absolute Gasteiger partial charge is 0.343 e. The molecule has 0 N–H and O–H groups in total. The van der Waals surface area contributed by atoms with Gasteiger partial charge in [0.1, 0.15) is 5.82 Å². The Hall–Kier alpha value is -1.17. The lowest BCUT2D eigenvalue weighted by Gasteiger charge is -2.57. The van der Waals surface area contributed by atoms with E-state index in [0.29, 0.717) is 5.91 Å². The number of hydrogen-bond donors (Lipinski definition) is 0. The zero-order chi connectivity index (χ0) is 17.0. The van der Waals surface area contributed by atoms with Gasteiger partial charge in [0, 0.05) is 44.1 Å². The summed E-state index contributed by atoms with van der Waals surface area (Å²) in [7, 11) is 0. The molecule has 6 heteroatoms. The van der Waals surface area contributed by atoms with Crippen molar-refractivity contribution in [2.24, 2.45) is 23.2 Å². The van der Waals surface area contributed by atoms with Crippen LogP contribution < -0.4 is 4.90 Å². The fourth-order valence-electron chi connectivity index (χ4n) is 6.33. The maximum absolute atomic E-state index is 13.4. The number of carbonyl (C=O) groups excluding carboxylic acids is 1. The Morgan fingerprint density at radius 1 is 1.08 bits per heavy atom. The molecule has 1 aliphatic heterocycles. The van der Waals surface area contributed by atoms with E-state index in [1.165, 1.54) is 50.1 Å². The Balaban J connectivity index is 1.25. The van der Waals surface area contributed by atoms with Crippen molar-refractivity contribution in [3.8, 4) is 0 Å². The average molecular weight is 361 g/mol. The van der Waals surface area contributed by atoms with Crippen LogP contribution in [-0.2, 0) is 11.2 Å². The van der Waals surface area contributed by atoms with Gasteiger partial charge < -0.3 is 9.80 Å². The monoisotopic (exact) mass is 360 g/mol. The van der Waals surface area contributed by atoms with Gasteiger partial charge in [-0.2, -0.15) is 4.37 Å². The third-order valence-electron chi connectivity index (χ3n) is 7.10. The van der Waals surface area contributed by atoms with Crippen LogP contribution in [0.4, 0.5) is 5.13 Å². The van der Waals surface area contributed by atoms with Crippen molar-refractivity contribution >= 4 is 22.6 Å². The predicted octanol–water partition coefficient (Wildman–Crippen LogP) is 2.97. The van der Waals surface area contributed by atoms with E-state index >= 15 is 0 Å². The Labute approximate surface area is 154 Å². The second kappa shape index (κ2) is 5.93. The van der Waals surface area contributed by atoms with E-state index in [4.69, 9.17) is 0 Å². The van der Waals surface area contributed by atoms with Crippen LogP contribution in [0.25, 0.3) is 0 Å². The number of carbonyl (C=O) groups is 1. The Bertz CT molecular complexity index is 629. The van der Waals surface area contributed by atoms with Crippen LogP contribution in [0.2, 0.25) is 0 Å². The van der Waals surface area contributed by atoms with Crippen LogP contribution in [0.5, 0.6) is 0 Å². The first-order valence-electron chi connectivity index (χ1n) is 10.0. The summed E-state index contributed by atoms with van der Waals surface area (Å²) in [6.45, 7) is 5.59. The molecule has 1 aromatic heterocycles. The molecule has 0 unspecified atom stereocenters. The summed E-state index contributed by atoms with van der Waals surface area (Å²) in [5, 5.41) is 1.03. The fourth-order valence-corrected chi connectivity index (χ4v) is 7.13. The molecule has 1 amide bonds. The number of anilines is 1. The van der Waals surface area contributed by atoms with Crippen molar-refractivity contribution in [1.29, 1.82) is 0 Å². The summed E-state index contributed by atoms with van der Waals surface area (Å²) >= 11 is 1.50. The number of aryl methyl sites for hydroxylation is 1. The Kier molecular flexibility index (Phi) is 3.80. The van der Waals surface area contributed by atoms with Gasteiger partial charge in [-0.25, -0.2) is 4.98 Å². The average Bonchev–Trinajstić information content (AvgIpc) is 3.09. The molecule has 4 saturated carbocycles. The second-order valence-electron chi connectivity index (χ2n) is 8.82. The second-order valence-corrected chi connectivity index (χ2v) is 9.55. The van der Waals surface area contributed by atoms with E-state index in [9.17, 15) is 4.79 Å². The maximum atomic E-state index is 13.4. The van der Waals surface area contributed by atoms with E-state index < -0.39 is 0 Å². The molecule has 1 aromatic rings. The number of rotatable bonds is 3. The standard InChI is InChI=1S/C19H28N4OS/c1-2-16-20-18(25-21-16)23-5-3-22(4-6-23)17(24)19-10-13-7-14(11-19)9-15(8-13)12-19/h13-15H,2-12H2,1H3. The molecule has 5 nitrogen and oxygen atoms in total. The fraction of sp³-hybridized carbons (Fsp3) is 0.842. The van der Waals surface area contributed by atoms with Gasteiger partial charge in [0.2, 0.25) is 11.0 Å². The molecule has 2 heterocycles. The summed E-state index contributed by atoms with van der Waals surface area (Å²) < 4.78 is 4.40. The molecule has 136 valence electrons. The number of hydrogen-bond acceptors (Lipinski definition) is 5. The first-order chi connectivity index (χ1) is 12.1. The highest BCUT2D eigenvalue weighted by Gasteiger charge is 2.55. The third-order valence-corrected chi connectivity index (χ3v) is 7.92. The molecule has 5 aliphatic rings. The topological polar surface area (TPSA) is 49.3 Å². The molecule has 6 rings (SSSR count). The van der Waals surface area contributed by atoms with Crippen LogP contribution in [0.1, 0.15) is 51.3 Å². The Morgan fingerprint density at radius 3 is 2.20 bits per heavy atom. The van der Waals surface area contributed by atoms with Crippen molar-refractivity contribution in [3.05, 3.63) is 5.82 Å². The molecular formula is C19H28N4OS. The smallest absolute Gasteiger partial charge is 0.228 e. The minimum Gasteiger partial charge on any atom is -0.343 e. The third kappa shape index (κ3) is 2.68. The van der Waals surface area contributed by atoms with Crippen molar-refractivity contribution in [1.82, 2.24) is 14.3 Å². The quantitative estimate of drug-likeness (QED) is 0.831. The van der Waals surface area contributed by atoms with Crippen LogP contribution in [0.3, 0.4) is 0 Å². The molecule has 0 atom stereocenters. The van der Waals surface area contributed by atoms with Crippen molar-refractivity contribution in [2.75, 3.05) is 31.1 Å². The summed E-state index contributed by atoms with van der Waals surface area (Å²) in [5.74, 6) is 3.94. The zero-order valence-corrected chi connectivity index (χ0v) is 15.9. The van der Waals surface area contributed by atoms with E-state index in [-0.39, 0.29) is 5.41 Å². The summed E-state index contributed by atoms with van der Waals surface area (Å²) in [5.41, 5.74) is 0.00897. The number of piperazine rings is 1. The molecular weight excluding hydrogens is 332 g/mol. The summed E-state index contributed by atoms with van der Waals surface area (Å²) in [6.07, 6.45) is 8.61. The molecule has 0 radical (unpaired) electrons. The summed E-state index contributed by atoms with van der Waals surface area (Å²) in [6, 6.07) is 0. The van der Waals surface area contributed by atoms with Gasteiger partial charge in [0.15, 0.2) is 0 Å². The normalized spacial score (nSPS) is 36.9. The van der Waals surface area contributed by atoms with Crippen LogP contribution in [0.15, 0.2) is 0 Å². The maximum Gasteiger partial charge on any atom is 0.228 e. The first-order valence-corrected chi connectivity index (χ1v) is 10.8. The zero-order valence-electron chi connectivity index (χ0n) is 15.1.